The Morgan fingerprint density at radius 1 is 0.500 bits per heavy atom. The van der Waals surface area contributed by atoms with Gasteiger partial charge in [0.15, 0.2) is 0 Å². The third-order valence-corrected chi connectivity index (χ3v) is 8.15. The molecule has 0 aliphatic heterocycles. The first-order chi connectivity index (χ1) is 18.7. The number of amidine groups is 1. The zero-order chi connectivity index (χ0) is 27.8. The van der Waals surface area contributed by atoms with Crippen LogP contribution in [0.4, 0.5) is 0 Å². The van der Waals surface area contributed by atoms with Crippen LogP contribution in [0.15, 0.2) is 4.99 Å². The molecule has 0 heterocycles. The molecule has 0 bridgehead atoms. The van der Waals surface area contributed by atoms with Crippen molar-refractivity contribution in [3.8, 4) is 0 Å². The number of hydrogen-bond donors (Lipinski definition) is 2. The smallest absolute Gasteiger partial charge is 0.0952 e. The number of aliphatic imine (C=N–C) groups is 1. The molecule has 0 aliphatic rings. The molecule has 228 valence electrons. The van der Waals surface area contributed by atoms with E-state index in [-0.39, 0.29) is 0 Å². The average molecular weight is 536 g/mol. The van der Waals surface area contributed by atoms with Crippen LogP contribution in [0.1, 0.15) is 201 Å². The van der Waals surface area contributed by atoms with Crippen LogP contribution < -0.4 is 11.1 Å². The Balaban J connectivity index is 3.70. The van der Waals surface area contributed by atoms with Crippen molar-refractivity contribution >= 4 is 5.84 Å². The fraction of sp³-hybridized carbons (Fsp3) is 0.971. The molecule has 0 aliphatic carbocycles. The van der Waals surface area contributed by atoms with Crippen LogP contribution in [0.5, 0.6) is 0 Å². The number of nitrogens with one attached hydrogen (secondary N) is 1. The maximum absolute atomic E-state index is 6.34. The summed E-state index contributed by atoms with van der Waals surface area (Å²) in [6.07, 6.45) is 38.3. The Labute approximate surface area is 241 Å². The molecule has 0 aromatic carbocycles. The van der Waals surface area contributed by atoms with Gasteiger partial charge in [0, 0.05) is 19.0 Å². The van der Waals surface area contributed by atoms with E-state index in [1.165, 1.54) is 173 Å². The quantitative estimate of drug-likeness (QED) is 0.0511. The Morgan fingerprint density at radius 3 is 1.29 bits per heavy atom. The maximum Gasteiger partial charge on any atom is 0.0952 e. The summed E-state index contributed by atoms with van der Waals surface area (Å²) in [7, 11) is 0. The molecule has 1 atom stereocenters. The van der Waals surface area contributed by atoms with Crippen LogP contribution in [0.2, 0.25) is 0 Å². The van der Waals surface area contributed by atoms with Crippen molar-refractivity contribution in [3.05, 3.63) is 0 Å². The van der Waals surface area contributed by atoms with Crippen LogP contribution in [0.25, 0.3) is 0 Å². The highest BCUT2D eigenvalue weighted by Crippen LogP contribution is 2.13. The van der Waals surface area contributed by atoms with Gasteiger partial charge >= 0.3 is 0 Å². The number of hydrogen-bond acceptors (Lipinski definition) is 2. The van der Waals surface area contributed by atoms with Crippen molar-refractivity contribution < 1.29 is 0 Å². The first-order valence-corrected chi connectivity index (χ1v) is 17.8. The molecule has 0 saturated carbocycles. The Bertz CT molecular complexity index is 462. The van der Waals surface area contributed by atoms with Crippen molar-refractivity contribution in [2.75, 3.05) is 13.1 Å². The van der Waals surface area contributed by atoms with Gasteiger partial charge < -0.3 is 11.1 Å². The first-order valence-electron chi connectivity index (χ1n) is 17.8. The lowest BCUT2D eigenvalue weighted by Crippen LogP contribution is -2.34. The summed E-state index contributed by atoms with van der Waals surface area (Å²) < 4.78 is 0. The van der Waals surface area contributed by atoms with E-state index >= 15 is 0 Å². The lowest BCUT2D eigenvalue weighted by Gasteiger charge is -2.18. The molecular formula is C35H73N3. The fourth-order valence-corrected chi connectivity index (χ4v) is 5.49. The molecule has 1 unspecified atom stereocenters. The largest absolute Gasteiger partial charge is 0.387 e. The highest BCUT2D eigenvalue weighted by Gasteiger charge is 2.09. The van der Waals surface area contributed by atoms with Crippen molar-refractivity contribution in [2.45, 2.75) is 207 Å². The van der Waals surface area contributed by atoms with Gasteiger partial charge in [0.25, 0.3) is 0 Å². The van der Waals surface area contributed by atoms with Crippen molar-refractivity contribution in [1.82, 2.24) is 5.32 Å². The molecule has 3 heteroatoms. The number of nitrogens with zero attached hydrogens (tertiary/aromatic N) is 1. The SMILES string of the molecule is CCCCCCCCCCCCCCN=C(N)CC(CCCC)NCCCCCCCCCCCCCC. The molecule has 3 N–H and O–H groups in total. The number of rotatable bonds is 32. The molecule has 0 aromatic rings. The second-order valence-electron chi connectivity index (χ2n) is 12.1. The zero-order valence-corrected chi connectivity index (χ0v) is 26.8. The lowest BCUT2D eigenvalue weighted by atomic mass is 10.0. The molecule has 0 radical (unpaired) electrons. The molecule has 0 aromatic heterocycles. The minimum absolute atomic E-state index is 0.508. The minimum atomic E-state index is 0.508. The molecule has 0 saturated heterocycles. The summed E-state index contributed by atoms with van der Waals surface area (Å²) in [5, 5.41) is 3.81. The van der Waals surface area contributed by atoms with Gasteiger partial charge in [-0.05, 0) is 25.8 Å². The summed E-state index contributed by atoms with van der Waals surface area (Å²) >= 11 is 0. The van der Waals surface area contributed by atoms with Gasteiger partial charge in [-0.2, -0.15) is 0 Å². The molecule has 0 amide bonds. The van der Waals surface area contributed by atoms with E-state index in [1.807, 2.05) is 0 Å². The van der Waals surface area contributed by atoms with Gasteiger partial charge in [-0.15, -0.1) is 0 Å². The van der Waals surface area contributed by atoms with Crippen LogP contribution >= 0.6 is 0 Å². The summed E-state index contributed by atoms with van der Waals surface area (Å²) in [5.74, 6) is 0.872. The van der Waals surface area contributed by atoms with E-state index in [0.29, 0.717) is 6.04 Å². The third-order valence-electron chi connectivity index (χ3n) is 8.15. The second-order valence-corrected chi connectivity index (χ2v) is 12.1. The Kier molecular flexibility index (Phi) is 32.2. The predicted octanol–water partition coefficient (Wildman–Crippen LogP) is 11.3. The summed E-state index contributed by atoms with van der Waals surface area (Å²) in [5.41, 5.74) is 6.34. The first kappa shape index (κ1) is 37.4. The molecule has 3 nitrogen and oxygen atoms in total. The normalized spacial score (nSPS) is 12.9. The van der Waals surface area contributed by atoms with Gasteiger partial charge in [0.1, 0.15) is 0 Å². The molecule has 0 fully saturated rings. The van der Waals surface area contributed by atoms with Crippen LogP contribution in [0.3, 0.4) is 0 Å². The predicted molar refractivity (Wildman–Crippen MR) is 175 cm³/mol. The maximum atomic E-state index is 6.34. The van der Waals surface area contributed by atoms with E-state index in [4.69, 9.17) is 10.7 Å². The number of unbranched alkanes of at least 4 members (excludes halogenated alkanes) is 23. The van der Waals surface area contributed by atoms with Crippen LogP contribution in [0, 0.1) is 0 Å². The van der Waals surface area contributed by atoms with Crippen molar-refractivity contribution in [3.63, 3.8) is 0 Å². The summed E-state index contributed by atoms with van der Waals surface area (Å²) in [6, 6.07) is 0.508. The molecule has 0 spiro atoms. The zero-order valence-electron chi connectivity index (χ0n) is 26.8. The monoisotopic (exact) mass is 536 g/mol. The molecular weight excluding hydrogens is 462 g/mol. The summed E-state index contributed by atoms with van der Waals surface area (Å²) in [6.45, 7) is 8.93. The Morgan fingerprint density at radius 2 is 0.868 bits per heavy atom. The lowest BCUT2D eigenvalue weighted by molar-refractivity contribution is 0.459. The van der Waals surface area contributed by atoms with Gasteiger partial charge in [-0.1, -0.05) is 175 Å². The average Bonchev–Trinajstić information content (AvgIpc) is 2.92. The van der Waals surface area contributed by atoms with Crippen molar-refractivity contribution in [1.29, 1.82) is 0 Å². The summed E-state index contributed by atoms with van der Waals surface area (Å²) in [4.78, 5) is 4.72. The third kappa shape index (κ3) is 30.0. The Hall–Kier alpha value is -0.570. The van der Waals surface area contributed by atoms with E-state index in [1.54, 1.807) is 0 Å². The highest BCUT2D eigenvalue weighted by molar-refractivity contribution is 5.80. The van der Waals surface area contributed by atoms with Gasteiger partial charge in [-0.25, -0.2) is 0 Å². The van der Waals surface area contributed by atoms with E-state index in [9.17, 15) is 0 Å². The minimum Gasteiger partial charge on any atom is -0.387 e. The number of nitrogens with two attached hydrogens (primary N) is 1. The highest BCUT2D eigenvalue weighted by atomic mass is 14.9. The van der Waals surface area contributed by atoms with E-state index < -0.39 is 0 Å². The van der Waals surface area contributed by atoms with E-state index in [2.05, 4.69) is 26.1 Å². The molecule has 38 heavy (non-hydrogen) atoms. The van der Waals surface area contributed by atoms with Gasteiger partial charge in [0.05, 0.1) is 5.84 Å². The second kappa shape index (κ2) is 32.6. The van der Waals surface area contributed by atoms with Gasteiger partial charge in [-0.3, -0.25) is 4.99 Å². The standard InChI is InChI=1S/C35H73N3/c1-4-7-10-12-14-16-18-20-22-24-26-28-31-37-34(30-9-6-3)33-35(36)38-32-29-27-25-23-21-19-17-15-13-11-8-5-2/h34,37H,4-33H2,1-3H3,(H2,36,38). The molecule has 0 rings (SSSR count). The van der Waals surface area contributed by atoms with Crippen LogP contribution in [-0.4, -0.2) is 25.0 Å². The topological polar surface area (TPSA) is 50.4 Å². The fourth-order valence-electron chi connectivity index (χ4n) is 5.49. The van der Waals surface area contributed by atoms with Gasteiger partial charge in [0.2, 0.25) is 0 Å². The van der Waals surface area contributed by atoms with Crippen LogP contribution in [-0.2, 0) is 0 Å². The van der Waals surface area contributed by atoms with E-state index in [0.717, 1.165) is 25.3 Å². The van der Waals surface area contributed by atoms with Crippen molar-refractivity contribution in [2.24, 2.45) is 10.7 Å².